The monoisotopic (exact) mass is 680 g/mol. The fourth-order valence-corrected chi connectivity index (χ4v) is 6.79. The standard InChI is InChI=1S/C37H46Cl2N4O4/c1-20-24(5)40-33(27(20)10-12-37(45)47-8)19-35-29(14-16-39)23(4)32(43-35)18-34-28(13-15-38)22(3)31(42-34)17-30-21(2)26(25(6)41-30)9-11-36(44)46-7/h17,19,40-41H,9-16,18H2,1-8H3/b31-17+,35-19+. The normalized spacial score (nSPS) is 16.6. The average molecular weight is 682 g/mol. The van der Waals surface area contributed by atoms with E-state index in [9.17, 15) is 9.59 Å². The number of ether oxygens (including phenoxy) is 2. The Labute approximate surface area is 288 Å². The first-order valence-corrected chi connectivity index (χ1v) is 17.1. The summed E-state index contributed by atoms with van der Waals surface area (Å²) >= 11 is 12.6. The number of aromatic nitrogens is 2. The SMILES string of the molecule is COC(=O)CCc1c(C)[nH]c(/C=C2/N=C(CC3=N/C(=C/c4[nH]c(C)c(C)c4CCC(=O)OC)C(CCCl)=C3C)C(CCCl)=C2C)c1C. The number of hydrogen-bond donors (Lipinski definition) is 2. The van der Waals surface area contributed by atoms with Gasteiger partial charge in [0.2, 0.25) is 0 Å². The quantitative estimate of drug-likeness (QED) is 0.154. The minimum atomic E-state index is -0.232. The number of carbonyl (C=O) groups is 2. The maximum absolute atomic E-state index is 11.9. The van der Waals surface area contributed by atoms with Gasteiger partial charge >= 0.3 is 11.9 Å². The Hall–Kier alpha value is -3.62. The third-order valence-electron chi connectivity index (χ3n) is 9.38. The van der Waals surface area contributed by atoms with Crippen LogP contribution in [0.1, 0.15) is 91.0 Å². The number of aromatic amines is 2. The van der Waals surface area contributed by atoms with E-state index in [1.165, 1.54) is 14.2 Å². The predicted molar refractivity (Wildman–Crippen MR) is 193 cm³/mol. The van der Waals surface area contributed by atoms with Gasteiger partial charge in [-0.25, -0.2) is 0 Å². The van der Waals surface area contributed by atoms with Crippen molar-refractivity contribution in [2.45, 2.75) is 86.5 Å². The van der Waals surface area contributed by atoms with Gasteiger partial charge in [-0.2, -0.15) is 0 Å². The van der Waals surface area contributed by atoms with Crippen molar-refractivity contribution in [2.24, 2.45) is 9.98 Å². The molecular weight excluding hydrogens is 635 g/mol. The molecule has 0 aromatic carbocycles. The molecular formula is C37H46Cl2N4O4. The number of carbonyl (C=O) groups excluding carboxylic acids is 2. The molecule has 0 spiro atoms. The molecule has 2 N–H and O–H groups in total. The number of halogens is 2. The lowest BCUT2D eigenvalue weighted by Crippen LogP contribution is -2.10. The van der Waals surface area contributed by atoms with Crippen LogP contribution in [0.3, 0.4) is 0 Å². The summed E-state index contributed by atoms with van der Waals surface area (Å²) in [6, 6.07) is 0. The highest BCUT2D eigenvalue weighted by Crippen LogP contribution is 2.36. The number of aliphatic imine (C=N–C) groups is 2. The molecule has 2 aliphatic rings. The molecule has 0 aliphatic carbocycles. The molecule has 2 aliphatic heterocycles. The molecule has 2 aromatic rings. The summed E-state index contributed by atoms with van der Waals surface area (Å²) in [7, 11) is 2.83. The van der Waals surface area contributed by atoms with Gasteiger partial charge in [0.25, 0.3) is 0 Å². The third-order valence-corrected chi connectivity index (χ3v) is 9.76. The Morgan fingerprint density at radius 1 is 0.660 bits per heavy atom. The molecule has 8 nitrogen and oxygen atoms in total. The Bertz CT molecular complexity index is 1750. The van der Waals surface area contributed by atoms with Crippen LogP contribution < -0.4 is 0 Å². The number of hydrogen-bond acceptors (Lipinski definition) is 6. The molecule has 0 saturated heterocycles. The van der Waals surface area contributed by atoms with Crippen molar-refractivity contribution in [3.8, 4) is 0 Å². The zero-order valence-corrected chi connectivity index (χ0v) is 30.3. The number of methoxy groups -OCH3 is 2. The number of allylic oxidation sites excluding steroid dienone is 4. The van der Waals surface area contributed by atoms with E-state index in [1.54, 1.807) is 0 Å². The van der Waals surface area contributed by atoms with Gasteiger partial charge in [-0.1, -0.05) is 0 Å². The summed E-state index contributed by atoms with van der Waals surface area (Å²) in [6.45, 7) is 12.4. The lowest BCUT2D eigenvalue weighted by Gasteiger charge is -2.08. The van der Waals surface area contributed by atoms with Crippen LogP contribution in [0, 0.1) is 27.7 Å². The first-order chi connectivity index (χ1) is 22.4. The Kier molecular flexibility index (Phi) is 12.3. The fraction of sp³-hybridized carbons (Fsp3) is 0.459. The van der Waals surface area contributed by atoms with Crippen LogP contribution in [-0.2, 0) is 31.9 Å². The largest absolute Gasteiger partial charge is 0.469 e. The number of alkyl halides is 2. The molecule has 4 rings (SSSR count). The summed E-state index contributed by atoms with van der Waals surface area (Å²) in [5, 5.41) is 0. The highest BCUT2D eigenvalue weighted by atomic mass is 35.5. The minimum absolute atomic E-state index is 0.219. The molecule has 0 saturated carbocycles. The molecule has 10 heteroatoms. The van der Waals surface area contributed by atoms with Gasteiger partial charge in [-0.15, -0.1) is 23.2 Å². The fourth-order valence-electron chi connectivity index (χ4n) is 6.41. The van der Waals surface area contributed by atoms with Gasteiger partial charge in [0.1, 0.15) is 0 Å². The van der Waals surface area contributed by atoms with Gasteiger partial charge in [0.15, 0.2) is 0 Å². The van der Waals surface area contributed by atoms with E-state index in [-0.39, 0.29) is 11.9 Å². The molecule has 0 bridgehead atoms. The zero-order chi connectivity index (χ0) is 34.4. The van der Waals surface area contributed by atoms with Crippen molar-refractivity contribution in [1.29, 1.82) is 0 Å². The summed E-state index contributed by atoms with van der Waals surface area (Å²) in [5.41, 5.74) is 16.7. The zero-order valence-electron chi connectivity index (χ0n) is 28.8. The van der Waals surface area contributed by atoms with Crippen LogP contribution in [0.25, 0.3) is 12.2 Å². The third kappa shape index (κ3) is 8.10. The predicted octanol–water partition coefficient (Wildman–Crippen LogP) is 8.36. The summed E-state index contributed by atoms with van der Waals surface area (Å²) in [6.07, 6.45) is 7.98. The molecule has 0 amide bonds. The number of nitrogens with one attached hydrogen (secondary N) is 2. The van der Waals surface area contributed by atoms with E-state index >= 15 is 0 Å². The second-order valence-electron chi connectivity index (χ2n) is 12.1. The maximum Gasteiger partial charge on any atom is 0.305 e. The van der Waals surface area contributed by atoms with Crippen LogP contribution in [0.2, 0.25) is 0 Å². The smallest absolute Gasteiger partial charge is 0.305 e. The lowest BCUT2D eigenvalue weighted by molar-refractivity contribution is -0.141. The first-order valence-electron chi connectivity index (χ1n) is 16.0. The molecule has 0 radical (unpaired) electrons. The van der Waals surface area contributed by atoms with Crippen LogP contribution in [0.4, 0.5) is 0 Å². The Balaban J connectivity index is 1.69. The van der Waals surface area contributed by atoms with E-state index in [0.717, 1.165) is 90.1 Å². The second kappa shape index (κ2) is 16.0. The first kappa shape index (κ1) is 36.2. The molecule has 2 aromatic heterocycles. The second-order valence-corrected chi connectivity index (χ2v) is 12.9. The highest BCUT2D eigenvalue weighted by molar-refractivity contribution is 6.23. The van der Waals surface area contributed by atoms with Crippen LogP contribution in [0.15, 0.2) is 43.7 Å². The molecule has 0 unspecified atom stereocenters. The topological polar surface area (TPSA) is 109 Å². The molecule has 4 heterocycles. The van der Waals surface area contributed by atoms with Crippen molar-refractivity contribution in [2.75, 3.05) is 26.0 Å². The van der Waals surface area contributed by atoms with Gasteiger partial charge < -0.3 is 19.4 Å². The van der Waals surface area contributed by atoms with Crippen LogP contribution in [0.5, 0.6) is 0 Å². The number of rotatable bonds is 14. The van der Waals surface area contributed by atoms with Gasteiger partial charge in [0.05, 0.1) is 37.0 Å². The Morgan fingerprint density at radius 3 is 1.83 bits per heavy atom. The van der Waals surface area contributed by atoms with Gasteiger partial charge in [-0.05, 0) is 124 Å². The highest BCUT2D eigenvalue weighted by Gasteiger charge is 2.27. The van der Waals surface area contributed by atoms with Gasteiger partial charge in [0, 0.05) is 53.8 Å². The Morgan fingerprint density at radius 2 is 1.21 bits per heavy atom. The summed E-state index contributed by atoms with van der Waals surface area (Å²) < 4.78 is 9.73. The minimum Gasteiger partial charge on any atom is -0.469 e. The average Bonchev–Trinajstić information content (AvgIpc) is 3.69. The number of esters is 2. The van der Waals surface area contributed by atoms with E-state index < -0.39 is 0 Å². The summed E-state index contributed by atoms with van der Waals surface area (Å²) in [5.74, 6) is 0.513. The van der Waals surface area contributed by atoms with Crippen molar-refractivity contribution in [3.05, 3.63) is 78.7 Å². The van der Waals surface area contributed by atoms with Crippen molar-refractivity contribution >= 4 is 58.7 Å². The molecule has 47 heavy (non-hydrogen) atoms. The van der Waals surface area contributed by atoms with Crippen molar-refractivity contribution in [1.82, 2.24) is 9.97 Å². The van der Waals surface area contributed by atoms with Crippen LogP contribution in [-0.4, -0.2) is 59.3 Å². The number of nitrogens with zero attached hydrogens (tertiary/aromatic N) is 2. The summed E-state index contributed by atoms with van der Waals surface area (Å²) in [4.78, 5) is 41.0. The number of H-pyrrole nitrogens is 2. The number of aryl methyl sites for hydroxylation is 2. The lowest BCUT2D eigenvalue weighted by atomic mass is 9.95. The molecule has 0 fully saturated rings. The van der Waals surface area contributed by atoms with E-state index in [0.29, 0.717) is 56.7 Å². The van der Waals surface area contributed by atoms with E-state index in [4.69, 9.17) is 42.7 Å². The van der Waals surface area contributed by atoms with Gasteiger partial charge in [-0.3, -0.25) is 19.6 Å². The molecule has 252 valence electrons. The maximum atomic E-state index is 11.9. The molecule has 0 atom stereocenters. The van der Waals surface area contributed by atoms with Crippen molar-refractivity contribution < 1.29 is 19.1 Å². The van der Waals surface area contributed by atoms with E-state index in [1.807, 2.05) is 13.8 Å². The van der Waals surface area contributed by atoms with Crippen molar-refractivity contribution in [3.63, 3.8) is 0 Å². The van der Waals surface area contributed by atoms with Crippen LogP contribution >= 0.6 is 23.2 Å². The van der Waals surface area contributed by atoms with E-state index in [2.05, 4.69) is 49.8 Å².